The molecule has 6 heteroatoms. The van der Waals surface area contributed by atoms with Crippen LogP contribution in [0.1, 0.15) is 24.8 Å². The van der Waals surface area contributed by atoms with E-state index in [4.69, 9.17) is 4.74 Å². The van der Waals surface area contributed by atoms with Gasteiger partial charge in [0.25, 0.3) is 0 Å². The van der Waals surface area contributed by atoms with Gasteiger partial charge >= 0.3 is 0 Å². The summed E-state index contributed by atoms with van der Waals surface area (Å²) in [4.78, 5) is 24.2. The quantitative estimate of drug-likeness (QED) is 0.720. The molecule has 5 nitrogen and oxygen atoms in total. The Kier molecular flexibility index (Phi) is 5.97. The second-order valence-electron chi connectivity index (χ2n) is 5.47. The molecule has 22 heavy (non-hydrogen) atoms. The van der Waals surface area contributed by atoms with Gasteiger partial charge in [0.1, 0.15) is 0 Å². The molecular formula is C16H21BrN2O3. The summed E-state index contributed by atoms with van der Waals surface area (Å²) in [6, 6.07) is 7.84. The van der Waals surface area contributed by atoms with Gasteiger partial charge in [0.2, 0.25) is 11.8 Å². The fourth-order valence-corrected chi connectivity index (χ4v) is 2.90. The molecule has 0 bridgehead atoms. The van der Waals surface area contributed by atoms with Crippen molar-refractivity contribution < 1.29 is 14.3 Å². The number of amides is 2. The number of methoxy groups -OCH3 is 1. The Morgan fingerprint density at radius 1 is 1.23 bits per heavy atom. The summed E-state index contributed by atoms with van der Waals surface area (Å²) in [5, 5.41) is 5.45. The van der Waals surface area contributed by atoms with Gasteiger partial charge in [0.15, 0.2) is 0 Å². The highest BCUT2D eigenvalue weighted by Gasteiger charge is 2.45. The number of hydrogen-bond donors (Lipinski definition) is 2. The SMILES string of the molecule is COCCNC(=O)CNC(=O)C1(c2ccc(Br)cc2)CCC1. The minimum Gasteiger partial charge on any atom is -0.383 e. The van der Waals surface area contributed by atoms with E-state index in [0.29, 0.717) is 13.2 Å². The summed E-state index contributed by atoms with van der Waals surface area (Å²) in [6.45, 7) is 0.909. The number of benzene rings is 1. The zero-order chi connectivity index (χ0) is 16.0. The summed E-state index contributed by atoms with van der Waals surface area (Å²) >= 11 is 3.41. The van der Waals surface area contributed by atoms with Crippen molar-refractivity contribution in [3.63, 3.8) is 0 Å². The molecule has 1 aromatic rings. The molecule has 0 spiro atoms. The topological polar surface area (TPSA) is 67.4 Å². The third kappa shape index (κ3) is 3.87. The second kappa shape index (κ2) is 7.74. The van der Waals surface area contributed by atoms with Crippen molar-refractivity contribution in [3.8, 4) is 0 Å². The van der Waals surface area contributed by atoms with Crippen LogP contribution in [0.3, 0.4) is 0 Å². The van der Waals surface area contributed by atoms with E-state index in [1.165, 1.54) is 0 Å². The highest BCUT2D eigenvalue weighted by molar-refractivity contribution is 9.10. The third-order valence-corrected chi connectivity index (χ3v) is 4.61. The van der Waals surface area contributed by atoms with Gasteiger partial charge in [-0.05, 0) is 30.5 Å². The van der Waals surface area contributed by atoms with Gasteiger partial charge in [-0.2, -0.15) is 0 Å². The zero-order valence-corrected chi connectivity index (χ0v) is 14.2. The predicted molar refractivity (Wildman–Crippen MR) is 87.6 cm³/mol. The Morgan fingerprint density at radius 3 is 2.45 bits per heavy atom. The number of rotatable bonds is 7. The molecule has 120 valence electrons. The predicted octanol–water partition coefficient (Wildman–Crippen LogP) is 1.75. The Hall–Kier alpha value is -1.40. The lowest BCUT2D eigenvalue weighted by Gasteiger charge is -2.40. The zero-order valence-electron chi connectivity index (χ0n) is 12.7. The molecule has 2 rings (SSSR count). The normalized spacial score (nSPS) is 15.7. The number of hydrogen-bond acceptors (Lipinski definition) is 3. The molecule has 0 radical (unpaired) electrons. The van der Waals surface area contributed by atoms with E-state index in [1.807, 2.05) is 24.3 Å². The maximum Gasteiger partial charge on any atom is 0.239 e. The molecule has 2 N–H and O–H groups in total. The second-order valence-corrected chi connectivity index (χ2v) is 6.38. The van der Waals surface area contributed by atoms with E-state index >= 15 is 0 Å². The minimum atomic E-state index is -0.479. The lowest BCUT2D eigenvalue weighted by Crippen LogP contribution is -2.51. The van der Waals surface area contributed by atoms with Gasteiger partial charge in [-0.15, -0.1) is 0 Å². The molecule has 0 aromatic heterocycles. The standard InChI is InChI=1S/C16H21BrN2O3/c1-22-10-9-18-14(20)11-19-15(21)16(7-2-8-16)12-3-5-13(17)6-4-12/h3-6H,2,7-11H2,1H3,(H,18,20)(H,19,21). The van der Waals surface area contributed by atoms with Crippen LogP contribution in [-0.2, 0) is 19.7 Å². The maximum absolute atomic E-state index is 12.5. The van der Waals surface area contributed by atoms with Gasteiger partial charge in [-0.1, -0.05) is 34.5 Å². The van der Waals surface area contributed by atoms with Crippen molar-refractivity contribution in [2.24, 2.45) is 0 Å². The summed E-state index contributed by atoms with van der Waals surface area (Å²) in [5.41, 5.74) is 0.535. The highest BCUT2D eigenvalue weighted by atomic mass is 79.9. The molecule has 1 aliphatic carbocycles. The fourth-order valence-electron chi connectivity index (χ4n) is 2.63. The van der Waals surface area contributed by atoms with Gasteiger partial charge in [0, 0.05) is 18.1 Å². The molecule has 0 atom stereocenters. The Bertz CT molecular complexity index is 527. The number of carbonyl (C=O) groups is 2. The summed E-state index contributed by atoms with van der Waals surface area (Å²) in [5.74, 6) is -0.265. The van der Waals surface area contributed by atoms with Crippen molar-refractivity contribution in [2.75, 3.05) is 26.8 Å². The molecule has 0 aliphatic heterocycles. The first-order valence-electron chi connectivity index (χ1n) is 7.38. The van der Waals surface area contributed by atoms with Crippen molar-refractivity contribution in [1.82, 2.24) is 10.6 Å². The lowest BCUT2D eigenvalue weighted by molar-refractivity contribution is -0.132. The Balaban J connectivity index is 1.92. The molecule has 1 aromatic carbocycles. The molecule has 0 heterocycles. The molecule has 1 fully saturated rings. The molecule has 1 saturated carbocycles. The van der Waals surface area contributed by atoms with E-state index in [0.717, 1.165) is 29.3 Å². The smallest absolute Gasteiger partial charge is 0.239 e. The average molecular weight is 369 g/mol. The molecule has 1 aliphatic rings. The molecular weight excluding hydrogens is 348 g/mol. The van der Waals surface area contributed by atoms with Crippen LogP contribution in [0.15, 0.2) is 28.7 Å². The monoisotopic (exact) mass is 368 g/mol. The van der Waals surface area contributed by atoms with Gasteiger partial charge in [-0.3, -0.25) is 9.59 Å². The number of carbonyl (C=O) groups excluding carboxylic acids is 2. The van der Waals surface area contributed by atoms with E-state index in [9.17, 15) is 9.59 Å². The van der Waals surface area contributed by atoms with Crippen LogP contribution in [-0.4, -0.2) is 38.6 Å². The first kappa shape index (κ1) is 17.0. The van der Waals surface area contributed by atoms with Crippen LogP contribution in [0.4, 0.5) is 0 Å². The van der Waals surface area contributed by atoms with Crippen molar-refractivity contribution >= 4 is 27.7 Å². The van der Waals surface area contributed by atoms with Crippen LogP contribution in [0.5, 0.6) is 0 Å². The number of nitrogens with one attached hydrogen (secondary N) is 2. The van der Waals surface area contributed by atoms with Gasteiger partial charge in [0.05, 0.1) is 18.6 Å². The average Bonchev–Trinajstić information content (AvgIpc) is 2.46. The first-order chi connectivity index (χ1) is 10.6. The van der Waals surface area contributed by atoms with Crippen molar-refractivity contribution in [1.29, 1.82) is 0 Å². The van der Waals surface area contributed by atoms with E-state index in [-0.39, 0.29) is 18.4 Å². The molecule has 0 saturated heterocycles. The van der Waals surface area contributed by atoms with Crippen LogP contribution in [0.2, 0.25) is 0 Å². The summed E-state index contributed by atoms with van der Waals surface area (Å²) < 4.78 is 5.85. The van der Waals surface area contributed by atoms with Crippen molar-refractivity contribution in [2.45, 2.75) is 24.7 Å². The van der Waals surface area contributed by atoms with Crippen LogP contribution < -0.4 is 10.6 Å². The van der Waals surface area contributed by atoms with Crippen LogP contribution >= 0.6 is 15.9 Å². The molecule has 2 amide bonds. The Labute approximate surface area is 138 Å². The Morgan fingerprint density at radius 2 is 1.91 bits per heavy atom. The maximum atomic E-state index is 12.5. The van der Waals surface area contributed by atoms with Gasteiger partial charge < -0.3 is 15.4 Å². The highest BCUT2D eigenvalue weighted by Crippen LogP contribution is 2.44. The lowest BCUT2D eigenvalue weighted by atomic mass is 9.64. The minimum absolute atomic E-state index is 0.000819. The first-order valence-corrected chi connectivity index (χ1v) is 8.18. The van der Waals surface area contributed by atoms with Gasteiger partial charge in [-0.25, -0.2) is 0 Å². The van der Waals surface area contributed by atoms with Crippen LogP contribution in [0, 0.1) is 0 Å². The summed E-state index contributed by atoms with van der Waals surface area (Å²) in [7, 11) is 1.58. The number of ether oxygens (including phenoxy) is 1. The molecule has 0 unspecified atom stereocenters. The fraction of sp³-hybridized carbons (Fsp3) is 0.500. The van der Waals surface area contributed by atoms with E-state index in [2.05, 4.69) is 26.6 Å². The summed E-state index contributed by atoms with van der Waals surface area (Å²) in [6.07, 6.45) is 2.68. The van der Waals surface area contributed by atoms with Crippen molar-refractivity contribution in [3.05, 3.63) is 34.3 Å². The van der Waals surface area contributed by atoms with E-state index in [1.54, 1.807) is 7.11 Å². The largest absolute Gasteiger partial charge is 0.383 e. The van der Waals surface area contributed by atoms with E-state index < -0.39 is 5.41 Å². The third-order valence-electron chi connectivity index (χ3n) is 4.08. The van der Waals surface area contributed by atoms with Crippen LogP contribution in [0.25, 0.3) is 0 Å². The number of halogens is 1.